The third kappa shape index (κ3) is 4.33. The van der Waals surface area contributed by atoms with Gasteiger partial charge in [-0.3, -0.25) is 4.79 Å². The summed E-state index contributed by atoms with van der Waals surface area (Å²) < 4.78 is 6.75. The smallest absolute Gasteiger partial charge is 0.225 e. The summed E-state index contributed by atoms with van der Waals surface area (Å²) in [7, 11) is 3.50. The Morgan fingerprint density at radius 2 is 2.06 bits per heavy atom. The molecule has 0 aliphatic carbocycles. The first kappa shape index (κ1) is 15.0. The molecule has 1 rings (SSSR count). The zero-order chi connectivity index (χ0) is 13.7. The van der Waals surface area contributed by atoms with Crippen molar-refractivity contribution in [1.82, 2.24) is 4.90 Å². The van der Waals surface area contributed by atoms with Gasteiger partial charge >= 0.3 is 0 Å². The van der Waals surface area contributed by atoms with Gasteiger partial charge in [0, 0.05) is 18.6 Å². The minimum atomic E-state index is 0.0817. The Morgan fingerprint density at radius 1 is 1.39 bits per heavy atom. The number of amides is 1. The van der Waals surface area contributed by atoms with Crippen LogP contribution in [0.15, 0.2) is 22.7 Å². The summed E-state index contributed by atoms with van der Waals surface area (Å²) in [6.07, 6.45) is 0.403. The van der Waals surface area contributed by atoms with E-state index >= 15 is 0 Å². The van der Waals surface area contributed by atoms with Crippen molar-refractivity contribution in [3.8, 4) is 5.75 Å². The number of hydrogen-bond acceptors (Lipinski definition) is 2. The average molecular weight is 314 g/mol. The summed E-state index contributed by atoms with van der Waals surface area (Å²) in [5.74, 6) is 1.33. The van der Waals surface area contributed by atoms with Gasteiger partial charge in [0.2, 0.25) is 5.91 Å². The van der Waals surface area contributed by atoms with Gasteiger partial charge in [-0.2, -0.15) is 0 Å². The Kier molecular flexibility index (Phi) is 5.66. The summed E-state index contributed by atoms with van der Waals surface area (Å²) in [5, 5.41) is 0. The van der Waals surface area contributed by atoms with Crippen LogP contribution in [0.3, 0.4) is 0 Å². The maximum atomic E-state index is 11.4. The molecule has 18 heavy (non-hydrogen) atoms. The van der Waals surface area contributed by atoms with E-state index in [9.17, 15) is 4.79 Å². The first-order chi connectivity index (χ1) is 8.41. The van der Waals surface area contributed by atoms with Crippen molar-refractivity contribution in [2.24, 2.45) is 0 Å². The molecule has 0 saturated heterocycles. The molecule has 1 aromatic carbocycles. The van der Waals surface area contributed by atoms with Gasteiger partial charge in [-0.05, 0) is 29.7 Å². The topological polar surface area (TPSA) is 29.5 Å². The zero-order valence-electron chi connectivity index (χ0n) is 11.4. The number of nitrogens with zero attached hydrogens (tertiary/aromatic N) is 1. The van der Waals surface area contributed by atoms with Crippen LogP contribution in [0, 0.1) is 0 Å². The lowest BCUT2D eigenvalue weighted by Gasteiger charge is -2.15. The van der Waals surface area contributed by atoms with E-state index < -0.39 is 0 Å². The minimum Gasteiger partial charge on any atom is -0.493 e. The highest BCUT2D eigenvalue weighted by atomic mass is 79.9. The number of carbonyl (C=O) groups is 1. The first-order valence-electron chi connectivity index (χ1n) is 6.04. The van der Waals surface area contributed by atoms with Crippen molar-refractivity contribution in [3.05, 3.63) is 28.2 Å². The summed E-state index contributed by atoms with van der Waals surface area (Å²) in [6, 6.07) is 5.96. The van der Waals surface area contributed by atoms with Gasteiger partial charge < -0.3 is 9.64 Å². The van der Waals surface area contributed by atoms with E-state index in [0.717, 1.165) is 15.8 Å². The van der Waals surface area contributed by atoms with E-state index in [1.807, 2.05) is 12.1 Å². The fourth-order valence-corrected chi connectivity index (χ4v) is 1.95. The Bertz CT molecular complexity index is 416. The Labute approximate surface area is 117 Å². The van der Waals surface area contributed by atoms with Crippen LogP contribution in [0.25, 0.3) is 0 Å². The standard InChI is InChI=1S/C14H20BrNO2/c1-10(2)12-9-11(15)5-6-13(12)18-8-7-14(17)16(3)4/h5-6,9-10H,7-8H2,1-4H3. The fourth-order valence-electron chi connectivity index (χ4n) is 1.57. The van der Waals surface area contributed by atoms with Crippen LogP contribution in [0.1, 0.15) is 31.7 Å². The molecule has 0 aromatic heterocycles. The van der Waals surface area contributed by atoms with Crippen molar-refractivity contribution in [1.29, 1.82) is 0 Å². The number of benzene rings is 1. The van der Waals surface area contributed by atoms with Crippen LogP contribution >= 0.6 is 15.9 Å². The Hall–Kier alpha value is -1.03. The van der Waals surface area contributed by atoms with E-state index in [2.05, 4.69) is 35.8 Å². The molecule has 4 heteroatoms. The van der Waals surface area contributed by atoms with Crippen LogP contribution in [0.2, 0.25) is 0 Å². The molecule has 0 atom stereocenters. The highest BCUT2D eigenvalue weighted by Crippen LogP contribution is 2.29. The second-order valence-electron chi connectivity index (χ2n) is 4.72. The number of hydrogen-bond donors (Lipinski definition) is 0. The van der Waals surface area contributed by atoms with Gasteiger partial charge in [0.05, 0.1) is 13.0 Å². The molecule has 0 saturated carbocycles. The SMILES string of the molecule is CC(C)c1cc(Br)ccc1OCCC(=O)N(C)C. The van der Waals surface area contributed by atoms with E-state index in [4.69, 9.17) is 4.74 Å². The van der Waals surface area contributed by atoms with Gasteiger partial charge in [0.25, 0.3) is 0 Å². The molecule has 0 aliphatic rings. The van der Waals surface area contributed by atoms with Crippen LogP contribution in [0.4, 0.5) is 0 Å². The van der Waals surface area contributed by atoms with Crippen molar-refractivity contribution < 1.29 is 9.53 Å². The second kappa shape index (κ2) is 6.78. The molecular formula is C14H20BrNO2. The summed E-state index contributed by atoms with van der Waals surface area (Å²) in [4.78, 5) is 13.0. The van der Waals surface area contributed by atoms with E-state index in [1.165, 1.54) is 0 Å². The Morgan fingerprint density at radius 3 is 2.61 bits per heavy atom. The lowest BCUT2D eigenvalue weighted by Crippen LogP contribution is -2.23. The molecule has 0 radical (unpaired) electrons. The number of halogens is 1. The maximum Gasteiger partial charge on any atom is 0.225 e. The summed E-state index contributed by atoms with van der Waals surface area (Å²) in [6.45, 7) is 4.66. The second-order valence-corrected chi connectivity index (χ2v) is 5.64. The lowest BCUT2D eigenvalue weighted by atomic mass is 10.0. The third-order valence-corrected chi connectivity index (χ3v) is 3.16. The molecule has 1 amide bonds. The molecule has 0 unspecified atom stereocenters. The van der Waals surface area contributed by atoms with Crippen LogP contribution < -0.4 is 4.74 Å². The minimum absolute atomic E-state index is 0.0817. The van der Waals surface area contributed by atoms with Crippen molar-refractivity contribution in [3.63, 3.8) is 0 Å². The van der Waals surface area contributed by atoms with Crippen molar-refractivity contribution in [2.45, 2.75) is 26.2 Å². The Balaban J connectivity index is 2.65. The van der Waals surface area contributed by atoms with Gasteiger partial charge in [0.1, 0.15) is 5.75 Å². The number of carbonyl (C=O) groups excluding carboxylic acids is 1. The van der Waals surface area contributed by atoms with Crippen LogP contribution in [-0.4, -0.2) is 31.5 Å². The molecule has 0 heterocycles. The fraction of sp³-hybridized carbons (Fsp3) is 0.500. The molecule has 0 aliphatic heterocycles. The molecule has 0 N–H and O–H groups in total. The van der Waals surface area contributed by atoms with Gasteiger partial charge in [-0.15, -0.1) is 0 Å². The largest absolute Gasteiger partial charge is 0.493 e. The highest BCUT2D eigenvalue weighted by Gasteiger charge is 2.10. The molecule has 3 nitrogen and oxygen atoms in total. The van der Waals surface area contributed by atoms with Gasteiger partial charge in [0.15, 0.2) is 0 Å². The molecular weight excluding hydrogens is 294 g/mol. The molecule has 100 valence electrons. The summed E-state index contributed by atoms with van der Waals surface area (Å²) in [5.41, 5.74) is 1.15. The third-order valence-electron chi connectivity index (χ3n) is 2.67. The zero-order valence-corrected chi connectivity index (χ0v) is 13.0. The van der Waals surface area contributed by atoms with Crippen molar-refractivity contribution >= 4 is 21.8 Å². The monoisotopic (exact) mass is 313 g/mol. The van der Waals surface area contributed by atoms with E-state index in [-0.39, 0.29) is 5.91 Å². The predicted octanol–water partition coefficient (Wildman–Crippen LogP) is 3.43. The average Bonchev–Trinajstić information content (AvgIpc) is 2.30. The van der Waals surface area contributed by atoms with E-state index in [1.54, 1.807) is 19.0 Å². The normalized spacial score (nSPS) is 10.6. The number of ether oxygens (including phenoxy) is 1. The first-order valence-corrected chi connectivity index (χ1v) is 6.83. The summed E-state index contributed by atoms with van der Waals surface area (Å²) >= 11 is 3.46. The van der Waals surface area contributed by atoms with Crippen LogP contribution in [0.5, 0.6) is 5.75 Å². The van der Waals surface area contributed by atoms with E-state index in [0.29, 0.717) is 18.9 Å². The molecule has 0 bridgehead atoms. The maximum absolute atomic E-state index is 11.4. The quantitative estimate of drug-likeness (QED) is 0.833. The molecule has 0 spiro atoms. The predicted molar refractivity (Wildman–Crippen MR) is 77.0 cm³/mol. The van der Waals surface area contributed by atoms with Crippen molar-refractivity contribution in [2.75, 3.05) is 20.7 Å². The highest BCUT2D eigenvalue weighted by molar-refractivity contribution is 9.10. The lowest BCUT2D eigenvalue weighted by molar-refractivity contribution is -0.129. The number of rotatable bonds is 5. The molecule has 1 aromatic rings. The molecule has 0 fully saturated rings. The van der Waals surface area contributed by atoms with Gasteiger partial charge in [-0.1, -0.05) is 29.8 Å². The van der Waals surface area contributed by atoms with Gasteiger partial charge in [-0.25, -0.2) is 0 Å². The van der Waals surface area contributed by atoms with Crippen LogP contribution in [-0.2, 0) is 4.79 Å².